The molecule has 0 aromatic heterocycles. The van der Waals surface area contributed by atoms with E-state index in [9.17, 15) is 9.90 Å². The number of fused-ring (bicyclic) bond motifs is 2. The Balaban J connectivity index is 2.00. The van der Waals surface area contributed by atoms with Crippen molar-refractivity contribution in [3.63, 3.8) is 0 Å². The molecule has 3 fully saturated rings. The third-order valence-corrected chi connectivity index (χ3v) is 4.79. The van der Waals surface area contributed by atoms with E-state index in [1.807, 2.05) is 6.92 Å². The SMILES string of the molecule is CC(O)CCC1C(=O)CC2CC1C2(C)C. The van der Waals surface area contributed by atoms with Crippen LogP contribution in [0.1, 0.15) is 46.5 Å². The summed E-state index contributed by atoms with van der Waals surface area (Å²) in [5.74, 6) is 1.91. The van der Waals surface area contributed by atoms with Crippen LogP contribution in [0.25, 0.3) is 0 Å². The second kappa shape index (κ2) is 3.58. The van der Waals surface area contributed by atoms with Crippen LogP contribution >= 0.6 is 0 Å². The fourth-order valence-electron chi connectivity index (χ4n) is 3.49. The van der Waals surface area contributed by atoms with Gasteiger partial charge in [0.2, 0.25) is 0 Å². The highest BCUT2D eigenvalue weighted by molar-refractivity contribution is 5.83. The molecule has 0 heterocycles. The lowest BCUT2D eigenvalue weighted by Gasteiger charge is -2.59. The van der Waals surface area contributed by atoms with Gasteiger partial charge in [0.05, 0.1) is 6.10 Å². The predicted octanol–water partition coefficient (Wildman–Crippen LogP) is 2.40. The standard InChI is InChI=1S/C13H22O2/c1-8(14)4-5-10-11-6-9(7-12(10)15)13(11,2)3/h8-11,14H,4-7H2,1-3H3. The summed E-state index contributed by atoms with van der Waals surface area (Å²) in [6, 6.07) is 0. The summed E-state index contributed by atoms with van der Waals surface area (Å²) in [6.07, 6.45) is 3.42. The van der Waals surface area contributed by atoms with Crippen LogP contribution in [0.15, 0.2) is 0 Å². The van der Waals surface area contributed by atoms with E-state index in [0.29, 0.717) is 23.0 Å². The zero-order valence-electron chi connectivity index (χ0n) is 9.99. The number of rotatable bonds is 3. The summed E-state index contributed by atoms with van der Waals surface area (Å²) < 4.78 is 0. The maximum absolute atomic E-state index is 11.9. The fourth-order valence-corrected chi connectivity index (χ4v) is 3.49. The Kier molecular flexibility index (Phi) is 2.66. The van der Waals surface area contributed by atoms with Gasteiger partial charge in [0.1, 0.15) is 5.78 Å². The Morgan fingerprint density at radius 2 is 2.20 bits per heavy atom. The lowest BCUT2D eigenvalue weighted by Crippen LogP contribution is -2.56. The number of hydrogen-bond acceptors (Lipinski definition) is 2. The van der Waals surface area contributed by atoms with Gasteiger partial charge in [-0.2, -0.15) is 0 Å². The second-order valence-corrected chi connectivity index (χ2v) is 6.06. The Hall–Kier alpha value is -0.370. The van der Waals surface area contributed by atoms with Gasteiger partial charge in [-0.1, -0.05) is 13.8 Å². The van der Waals surface area contributed by atoms with E-state index in [0.717, 1.165) is 19.3 Å². The van der Waals surface area contributed by atoms with Gasteiger partial charge in [0.15, 0.2) is 0 Å². The number of Topliss-reactive ketones (excluding diaryl/α,β-unsaturated/α-hetero) is 1. The molecule has 0 radical (unpaired) electrons. The van der Waals surface area contributed by atoms with Crippen LogP contribution < -0.4 is 0 Å². The Morgan fingerprint density at radius 3 is 2.73 bits per heavy atom. The van der Waals surface area contributed by atoms with Gasteiger partial charge in [-0.25, -0.2) is 0 Å². The number of ketones is 1. The average Bonchev–Trinajstić information content (AvgIpc) is 2.15. The number of aliphatic hydroxyl groups excluding tert-OH is 1. The molecule has 3 aliphatic carbocycles. The molecule has 4 unspecified atom stereocenters. The molecular formula is C13H22O2. The molecular weight excluding hydrogens is 188 g/mol. The number of carbonyl (C=O) groups excluding carboxylic acids is 1. The third kappa shape index (κ3) is 1.73. The quantitative estimate of drug-likeness (QED) is 0.776. The maximum atomic E-state index is 11.9. The van der Waals surface area contributed by atoms with Crippen molar-refractivity contribution >= 4 is 5.78 Å². The van der Waals surface area contributed by atoms with Gasteiger partial charge < -0.3 is 5.11 Å². The summed E-state index contributed by atoms with van der Waals surface area (Å²) >= 11 is 0. The molecule has 1 N–H and O–H groups in total. The molecule has 2 nitrogen and oxygen atoms in total. The van der Waals surface area contributed by atoms with Crippen LogP contribution in [-0.4, -0.2) is 17.0 Å². The van der Waals surface area contributed by atoms with Crippen molar-refractivity contribution in [2.24, 2.45) is 23.2 Å². The van der Waals surface area contributed by atoms with Gasteiger partial charge in [0, 0.05) is 12.3 Å². The molecule has 0 spiro atoms. The van der Waals surface area contributed by atoms with Gasteiger partial charge in [-0.3, -0.25) is 4.79 Å². The van der Waals surface area contributed by atoms with Crippen molar-refractivity contribution in [3.8, 4) is 0 Å². The molecule has 0 amide bonds. The van der Waals surface area contributed by atoms with E-state index in [2.05, 4.69) is 13.8 Å². The Bertz CT molecular complexity index is 268. The molecule has 0 aromatic rings. The van der Waals surface area contributed by atoms with E-state index in [4.69, 9.17) is 0 Å². The van der Waals surface area contributed by atoms with Crippen molar-refractivity contribution < 1.29 is 9.90 Å². The first-order chi connectivity index (χ1) is 6.93. The zero-order chi connectivity index (χ0) is 11.2. The van der Waals surface area contributed by atoms with Crippen LogP contribution in [-0.2, 0) is 4.79 Å². The molecule has 0 saturated heterocycles. The lowest BCUT2D eigenvalue weighted by atomic mass is 9.45. The van der Waals surface area contributed by atoms with Gasteiger partial charge >= 0.3 is 0 Å². The first-order valence-electron chi connectivity index (χ1n) is 6.13. The largest absolute Gasteiger partial charge is 0.393 e. The van der Waals surface area contributed by atoms with Crippen LogP contribution in [0.5, 0.6) is 0 Å². The molecule has 3 rings (SSSR count). The fraction of sp³-hybridized carbons (Fsp3) is 0.923. The molecule has 2 bridgehead atoms. The molecule has 0 aliphatic heterocycles. The smallest absolute Gasteiger partial charge is 0.136 e. The van der Waals surface area contributed by atoms with Gasteiger partial charge in [-0.05, 0) is 43.4 Å². The number of hydrogen-bond donors (Lipinski definition) is 1. The minimum atomic E-state index is -0.265. The number of carbonyl (C=O) groups is 1. The first-order valence-corrected chi connectivity index (χ1v) is 6.13. The van der Waals surface area contributed by atoms with E-state index in [1.165, 1.54) is 6.42 Å². The molecule has 2 heteroatoms. The van der Waals surface area contributed by atoms with Crippen LogP contribution in [0.2, 0.25) is 0 Å². The van der Waals surface area contributed by atoms with Crippen molar-refractivity contribution in [3.05, 3.63) is 0 Å². The minimum absolute atomic E-state index is 0.236. The average molecular weight is 210 g/mol. The lowest BCUT2D eigenvalue weighted by molar-refractivity contribution is -0.155. The van der Waals surface area contributed by atoms with Crippen molar-refractivity contribution in [2.75, 3.05) is 0 Å². The first kappa shape index (κ1) is 11.1. The van der Waals surface area contributed by atoms with Gasteiger partial charge in [0.25, 0.3) is 0 Å². The summed E-state index contributed by atoms with van der Waals surface area (Å²) in [5.41, 5.74) is 0.372. The maximum Gasteiger partial charge on any atom is 0.136 e. The Labute approximate surface area is 92.1 Å². The predicted molar refractivity (Wildman–Crippen MR) is 59.4 cm³/mol. The minimum Gasteiger partial charge on any atom is -0.393 e. The zero-order valence-corrected chi connectivity index (χ0v) is 9.99. The molecule has 4 atom stereocenters. The normalized spacial score (nSPS) is 39.7. The highest BCUT2D eigenvalue weighted by Crippen LogP contribution is 2.61. The molecule has 0 aromatic carbocycles. The van der Waals surface area contributed by atoms with E-state index in [1.54, 1.807) is 0 Å². The number of aliphatic hydroxyl groups is 1. The van der Waals surface area contributed by atoms with E-state index in [-0.39, 0.29) is 12.0 Å². The summed E-state index contributed by atoms with van der Waals surface area (Å²) in [5, 5.41) is 9.29. The molecule has 15 heavy (non-hydrogen) atoms. The van der Waals surface area contributed by atoms with Crippen LogP contribution in [0.4, 0.5) is 0 Å². The van der Waals surface area contributed by atoms with Crippen molar-refractivity contribution in [1.29, 1.82) is 0 Å². The van der Waals surface area contributed by atoms with Crippen molar-refractivity contribution in [1.82, 2.24) is 0 Å². The van der Waals surface area contributed by atoms with E-state index >= 15 is 0 Å². The highest BCUT2D eigenvalue weighted by Gasteiger charge is 2.57. The Morgan fingerprint density at radius 1 is 1.53 bits per heavy atom. The van der Waals surface area contributed by atoms with Gasteiger partial charge in [-0.15, -0.1) is 0 Å². The van der Waals surface area contributed by atoms with E-state index < -0.39 is 0 Å². The monoisotopic (exact) mass is 210 g/mol. The summed E-state index contributed by atoms with van der Waals surface area (Å²) in [7, 11) is 0. The third-order valence-electron chi connectivity index (χ3n) is 4.79. The van der Waals surface area contributed by atoms with Crippen molar-refractivity contribution in [2.45, 2.75) is 52.6 Å². The van der Waals surface area contributed by atoms with Crippen LogP contribution in [0.3, 0.4) is 0 Å². The topological polar surface area (TPSA) is 37.3 Å². The highest BCUT2D eigenvalue weighted by atomic mass is 16.3. The molecule has 86 valence electrons. The summed E-state index contributed by atoms with van der Waals surface area (Å²) in [6.45, 7) is 6.41. The van der Waals surface area contributed by atoms with Crippen LogP contribution in [0, 0.1) is 23.2 Å². The second-order valence-electron chi connectivity index (χ2n) is 6.06. The molecule has 3 aliphatic rings. The molecule has 3 saturated carbocycles. The summed E-state index contributed by atoms with van der Waals surface area (Å²) in [4.78, 5) is 11.9.